The maximum absolute atomic E-state index is 13.8. The van der Waals surface area contributed by atoms with Crippen LogP contribution in [0.25, 0.3) is 0 Å². The van der Waals surface area contributed by atoms with E-state index in [-0.39, 0.29) is 14.1 Å². The van der Waals surface area contributed by atoms with E-state index in [4.69, 9.17) is 30.5 Å². The number of benzene rings is 5. The number of ether oxygens (including phenoxy) is 4. The van der Waals surface area contributed by atoms with Crippen LogP contribution in [-0.4, -0.2) is 12.6 Å². The molecule has 42 heavy (non-hydrogen) atoms. The molecule has 212 valence electrons. The second-order valence-corrected chi connectivity index (χ2v) is 11.0. The van der Waals surface area contributed by atoms with E-state index in [1.807, 2.05) is 103 Å². The lowest BCUT2D eigenvalue weighted by Crippen LogP contribution is -2.13. The van der Waals surface area contributed by atoms with E-state index in [1.165, 1.54) is 7.11 Å². The number of rotatable bonds is 13. The molecule has 0 amide bonds. The standard InChI is InChI=1S/C35H30ClO5P/c1-38-30-19-11-18-29(36)33(30)35(37)42-34-31(40-23-26-14-7-3-8-15-26)20-28(39-22-25-12-5-2-6-13-25)21-32(34)41-24-27-16-9-4-10-17-27/h2-21,42H,22-24H2,1H3. The van der Waals surface area contributed by atoms with Gasteiger partial charge in [0.25, 0.3) is 0 Å². The lowest BCUT2D eigenvalue weighted by molar-refractivity contribution is 0.108. The summed E-state index contributed by atoms with van der Waals surface area (Å²) in [5.74, 6) is 2.00. The molecule has 0 spiro atoms. The zero-order valence-electron chi connectivity index (χ0n) is 23.1. The van der Waals surface area contributed by atoms with E-state index in [9.17, 15) is 4.79 Å². The van der Waals surface area contributed by atoms with E-state index in [2.05, 4.69) is 0 Å². The first-order valence-electron chi connectivity index (χ1n) is 13.4. The number of hydrogen-bond acceptors (Lipinski definition) is 5. The Balaban J connectivity index is 1.53. The fourth-order valence-electron chi connectivity index (χ4n) is 4.28. The number of carbonyl (C=O) groups excluding carboxylic acids is 1. The van der Waals surface area contributed by atoms with Crippen LogP contribution in [0.15, 0.2) is 121 Å². The van der Waals surface area contributed by atoms with Crippen molar-refractivity contribution in [3.63, 3.8) is 0 Å². The largest absolute Gasteiger partial charge is 0.496 e. The first kappa shape index (κ1) is 29.2. The third-order valence-corrected chi connectivity index (χ3v) is 7.96. The molecule has 0 saturated heterocycles. The first-order chi connectivity index (χ1) is 20.6. The van der Waals surface area contributed by atoms with Gasteiger partial charge in [0, 0.05) is 12.1 Å². The molecule has 0 N–H and O–H groups in total. The topological polar surface area (TPSA) is 54.0 Å². The van der Waals surface area contributed by atoms with Gasteiger partial charge in [-0.1, -0.05) is 109 Å². The molecule has 5 aromatic carbocycles. The Bertz CT molecular complexity index is 1550. The summed E-state index contributed by atoms with van der Waals surface area (Å²) < 4.78 is 24.4. The summed E-state index contributed by atoms with van der Waals surface area (Å²) in [6, 6.07) is 38.4. The molecule has 5 nitrogen and oxygen atoms in total. The average Bonchev–Trinajstić information content (AvgIpc) is 3.04. The van der Waals surface area contributed by atoms with Gasteiger partial charge in [-0.15, -0.1) is 0 Å². The zero-order chi connectivity index (χ0) is 29.1. The molecule has 0 aromatic heterocycles. The Hall–Kier alpha value is -4.31. The molecule has 0 aliphatic carbocycles. The van der Waals surface area contributed by atoms with Crippen LogP contribution in [0.4, 0.5) is 0 Å². The molecule has 5 rings (SSSR count). The second-order valence-electron chi connectivity index (χ2n) is 9.39. The van der Waals surface area contributed by atoms with Crippen LogP contribution in [0, 0.1) is 0 Å². The van der Waals surface area contributed by atoms with E-state index in [0.717, 1.165) is 16.7 Å². The molecule has 7 heteroatoms. The normalized spacial score (nSPS) is 10.9. The van der Waals surface area contributed by atoms with Crippen LogP contribution < -0.4 is 24.3 Å². The van der Waals surface area contributed by atoms with Crippen LogP contribution in [0.2, 0.25) is 5.02 Å². The average molecular weight is 597 g/mol. The van der Waals surface area contributed by atoms with E-state index in [0.29, 0.717) is 58.7 Å². The maximum Gasteiger partial charge on any atom is 0.191 e. The molecule has 0 heterocycles. The summed E-state index contributed by atoms with van der Waals surface area (Å²) in [7, 11) is 1.17. The Morgan fingerprint density at radius 2 is 1.10 bits per heavy atom. The fourth-order valence-corrected chi connectivity index (χ4v) is 5.76. The van der Waals surface area contributed by atoms with Gasteiger partial charge < -0.3 is 18.9 Å². The summed E-state index contributed by atoms with van der Waals surface area (Å²) in [5, 5.41) is 0.953. The number of halogens is 1. The minimum Gasteiger partial charge on any atom is -0.496 e. The van der Waals surface area contributed by atoms with Gasteiger partial charge in [-0.25, -0.2) is 0 Å². The van der Waals surface area contributed by atoms with Crippen molar-refractivity contribution >= 4 is 31.0 Å². The van der Waals surface area contributed by atoms with E-state index >= 15 is 0 Å². The molecular weight excluding hydrogens is 567 g/mol. The van der Waals surface area contributed by atoms with Crippen LogP contribution in [0.1, 0.15) is 27.0 Å². The summed E-state index contributed by atoms with van der Waals surface area (Å²) >= 11 is 6.48. The molecule has 0 aliphatic rings. The lowest BCUT2D eigenvalue weighted by Gasteiger charge is -2.19. The maximum atomic E-state index is 13.8. The van der Waals surface area contributed by atoms with E-state index < -0.39 is 0 Å². The molecule has 0 radical (unpaired) electrons. The Kier molecular flexibility index (Phi) is 10.1. The quantitative estimate of drug-likeness (QED) is 0.128. The van der Waals surface area contributed by atoms with Gasteiger partial charge in [0.05, 0.1) is 23.0 Å². The predicted octanol–water partition coefficient (Wildman–Crippen LogP) is 8.23. The van der Waals surface area contributed by atoms with Crippen molar-refractivity contribution in [3.05, 3.63) is 149 Å². The third kappa shape index (κ3) is 7.70. The highest BCUT2D eigenvalue weighted by Crippen LogP contribution is 2.38. The van der Waals surface area contributed by atoms with Gasteiger partial charge in [0.2, 0.25) is 0 Å². The smallest absolute Gasteiger partial charge is 0.191 e. The van der Waals surface area contributed by atoms with Gasteiger partial charge in [0.15, 0.2) is 5.52 Å². The predicted molar refractivity (Wildman–Crippen MR) is 169 cm³/mol. The monoisotopic (exact) mass is 596 g/mol. The number of hydrogen-bond donors (Lipinski definition) is 0. The lowest BCUT2D eigenvalue weighted by atomic mass is 10.2. The van der Waals surface area contributed by atoms with Crippen LogP contribution in [-0.2, 0) is 19.8 Å². The SMILES string of the molecule is COc1cccc(Cl)c1C(=O)Pc1c(OCc2ccccc2)cc(OCc2ccccc2)cc1OCc1ccccc1. The molecule has 0 aliphatic heterocycles. The van der Waals surface area contributed by atoms with Crippen LogP contribution >= 0.6 is 20.2 Å². The van der Waals surface area contributed by atoms with Crippen molar-refractivity contribution in [1.82, 2.24) is 0 Å². The van der Waals surface area contributed by atoms with Crippen molar-refractivity contribution < 1.29 is 23.7 Å². The number of methoxy groups -OCH3 is 1. The van der Waals surface area contributed by atoms with Crippen LogP contribution in [0.3, 0.4) is 0 Å². The highest BCUT2D eigenvalue weighted by molar-refractivity contribution is 7.66. The minimum absolute atomic E-state index is 0.190. The molecule has 1 unspecified atom stereocenters. The van der Waals surface area contributed by atoms with Crippen molar-refractivity contribution in [2.75, 3.05) is 7.11 Å². The molecule has 5 aromatic rings. The highest BCUT2D eigenvalue weighted by Gasteiger charge is 2.23. The Labute approximate surface area is 252 Å². The number of carbonyl (C=O) groups is 1. The minimum atomic E-state index is -0.353. The summed E-state index contributed by atoms with van der Waals surface area (Å²) in [6.45, 7) is 0.985. The molecule has 0 bridgehead atoms. The van der Waals surface area contributed by atoms with E-state index in [1.54, 1.807) is 18.2 Å². The third-order valence-electron chi connectivity index (χ3n) is 6.42. The van der Waals surface area contributed by atoms with Crippen molar-refractivity contribution in [2.24, 2.45) is 0 Å². The highest BCUT2D eigenvalue weighted by atomic mass is 35.5. The molecule has 1 atom stereocenters. The van der Waals surface area contributed by atoms with Gasteiger partial charge in [-0.2, -0.15) is 0 Å². The summed E-state index contributed by atoms with van der Waals surface area (Å²) in [6.07, 6.45) is 0. The zero-order valence-corrected chi connectivity index (χ0v) is 24.8. The van der Waals surface area contributed by atoms with Gasteiger partial charge in [-0.3, -0.25) is 4.79 Å². The van der Waals surface area contributed by atoms with Crippen molar-refractivity contribution in [3.8, 4) is 23.0 Å². The van der Waals surface area contributed by atoms with Crippen molar-refractivity contribution in [2.45, 2.75) is 19.8 Å². The second kappa shape index (κ2) is 14.5. The first-order valence-corrected chi connectivity index (χ1v) is 14.8. The van der Waals surface area contributed by atoms with Crippen molar-refractivity contribution in [1.29, 1.82) is 0 Å². The fraction of sp³-hybridized carbons (Fsp3) is 0.114. The van der Waals surface area contributed by atoms with Gasteiger partial charge >= 0.3 is 0 Å². The van der Waals surface area contributed by atoms with Crippen LogP contribution in [0.5, 0.6) is 23.0 Å². The van der Waals surface area contributed by atoms with Gasteiger partial charge in [0.1, 0.15) is 42.8 Å². The summed E-state index contributed by atoms with van der Waals surface area (Å²) in [4.78, 5) is 13.8. The molecule has 0 saturated carbocycles. The van der Waals surface area contributed by atoms with Gasteiger partial charge in [-0.05, 0) is 37.4 Å². The molecule has 0 fully saturated rings. The molecular formula is C35H30ClO5P. The summed E-state index contributed by atoms with van der Waals surface area (Å²) in [5.41, 5.74) is 3.15. The Morgan fingerprint density at radius 1 is 0.619 bits per heavy atom. The Morgan fingerprint density at radius 3 is 1.57 bits per heavy atom.